The molecule has 0 fully saturated rings. The van der Waals surface area contributed by atoms with Gasteiger partial charge in [0.05, 0.1) is 0 Å². The van der Waals surface area contributed by atoms with Gasteiger partial charge in [-0.3, -0.25) is 0 Å². The van der Waals surface area contributed by atoms with Crippen molar-refractivity contribution >= 4 is 10.8 Å². The zero-order chi connectivity index (χ0) is 29.0. The van der Waals surface area contributed by atoms with E-state index in [1.165, 1.54) is 107 Å². The molecule has 0 heteroatoms. The molecule has 0 heterocycles. The molecule has 0 saturated carbocycles. The Hall–Kier alpha value is -4.42. The Morgan fingerprint density at radius 3 is 1.61 bits per heavy atom. The summed E-state index contributed by atoms with van der Waals surface area (Å²) in [5, 5.41) is 2.63. The quantitative estimate of drug-likeness (QED) is 0.200. The maximum atomic E-state index is 2.57. The minimum Gasteiger partial charge on any atom is -0.0619 e. The van der Waals surface area contributed by atoms with Crippen molar-refractivity contribution in [3.63, 3.8) is 0 Å². The number of hydrogen-bond acceptors (Lipinski definition) is 0. The number of benzene rings is 6. The fourth-order valence-corrected chi connectivity index (χ4v) is 8.94. The monoisotopic (exact) mass is 566 g/mol. The Kier molecular flexibility index (Phi) is 6.29. The lowest BCUT2D eigenvalue weighted by Crippen LogP contribution is -2.23. The first-order valence-electron chi connectivity index (χ1n) is 16.8. The highest BCUT2D eigenvalue weighted by Crippen LogP contribution is 2.52. The van der Waals surface area contributed by atoms with Crippen molar-refractivity contribution in [3.05, 3.63) is 177 Å². The van der Waals surface area contributed by atoms with E-state index >= 15 is 0 Å². The molecule has 214 valence electrons. The summed E-state index contributed by atoms with van der Waals surface area (Å²) in [4.78, 5) is 0. The molecule has 0 N–H and O–H groups in total. The van der Waals surface area contributed by atoms with Crippen molar-refractivity contribution in [2.75, 3.05) is 0 Å². The Morgan fingerprint density at radius 1 is 0.386 bits per heavy atom. The highest BCUT2D eigenvalue weighted by atomic mass is 14.4. The molecular weight excluding hydrogens is 528 g/mol. The minimum atomic E-state index is 0.236. The third kappa shape index (κ3) is 4.11. The Labute approximate surface area is 261 Å². The predicted octanol–water partition coefficient (Wildman–Crippen LogP) is 10.9. The molecule has 6 aromatic rings. The summed E-state index contributed by atoms with van der Waals surface area (Å²) < 4.78 is 0. The molecule has 0 spiro atoms. The van der Waals surface area contributed by atoms with Gasteiger partial charge in [-0.1, -0.05) is 115 Å². The van der Waals surface area contributed by atoms with Crippen molar-refractivity contribution in [3.8, 4) is 11.1 Å². The van der Waals surface area contributed by atoms with E-state index in [0.29, 0.717) is 0 Å². The molecule has 0 amide bonds. The summed E-state index contributed by atoms with van der Waals surface area (Å²) in [6, 6.07) is 46.8. The van der Waals surface area contributed by atoms with Crippen LogP contribution in [0.5, 0.6) is 0 Å². The van der Waals surface area contributed by atoms with Gasteiger partial charge in [-0.15, -0.1) is 0 Å². The number of aryl methyl sites for hydroxylation is 2. The molecule has 0 nitrogen and oxygen atoms in total. The van der Waals surface area contributed by atoms with E-state index in [0.717, 1.165) is 0 Å². The zero-order valence-corrected chi connectivity index (χ0v) is 25.4. The smallest absolute Gasteiger partial charge is 0.0349 e. The molecule has 2 atom stereocenters. The summed E-state index contributed by atoms with van der Waals surface area (Å²) in [5.74, 6) is 0.492. The molecule has 2 unspecified atom stereocenters. The summed E-state index contributed by atoms with van der Waals surface area (Å²) in [6.07, 6.45) is 10.0. The topological polar surface area (TPSA) is 0 Å². The first-order valence-corrected chi connectivity index (χ1v) is 16.8. The SMILES string of the molecule is c1ccc2c(c1)C(c1cccc3c1CCCC3)c1ccc(-c3cccc4ccccc34)cc1C2c1cccc2c1CCCC2. The van der Waals surface area contributed by atoms with E-state index in [1.54, 1.807) is 22.3 Å². The van der Waals surface area contributed by atoms with Crippen LogP contribution in [-0.4, -0.2) is 0 Å². The lowest BCUT2D eigenvalue weighted by Gasteiger charge is -2.38. The van der Waals surface area contributed by atoms with Gasteiger partial charge in [-0.25, -0.2) is 0 Å². The van der Waals surface area contributed by atoms with Gasteiger partial charge in [-0.2, -0.15) is 0 Å². The molecule has 6 aromatic carbocycles. The molecule has 44 heavy (non-hydrogen) atoms. The maximum Gasteiger partial charge on any atom is 0.0349 e. The van der Waals surface area contributed by atoms with E-state index in [1.807, 2.05) is 0 Å². The Balaban J connectivity index is 1.33. The summed E-state index contributed by atoms with van der Waals surface area (Å²) in [5.41, 5.74) is 18.0. The molecule has 0 aliphatic heterocycles. The minimum absolute atomic E-state index is 0.236. The van der Waals surface area contributed by atoms with Crippen molar-refractivity contribution in [1.29, 1.82) is 0 Å². The highest BCUT2D eigenvalue weighted by Gasteiger charge is 2.36. The standard InChI is InChI=1S/C44H38/c1-4-18-33-29(12-1)15-9-23-36(33)32-26-27-41-42(28-32)44(38-25-11-17-31-14-3-6-20-35(31)38)40-22-8-7-21-39(40)43(41)37-24-10-16-30-13-2-5-19-34(30)37/h1,4,7-12,15-18,21-28,43-44H,2-3,5-6,13-14,19-20H2. The lowest BCUT2D eigenvalue weighted by molar-refractivity contribution is 0.668. The normalized spacial score (nSPS) is 18.6. The third-order valence-corrected chi connectivity index (χ3v) is 10.9. The van der Waals surface area contributed by atoms with Crippen molar-refractivity contribution in [2.45, 2.75) is 63.2 Å². The fraction of sp³-hybridized carbons (Fsp3) is 0.227. The summed E-state index contributed by atoms with van der Waals surface area (Å²) in [7, 11) is 0. The summed E-state index contributed by atoms with van der Waals surface area (Å²) >= 11 is 0. The van der Waals surface area contributed by atoms with Crippen LogP contribution >= 0.6 is 0 Å². The molecule has 3 aliphatic rings. The number of rotatable bonds is 3. The highest BCUT2D eigenvalue weighted by molar-refractivity contribution is 5.97. The van der Waals surface area contributed by atoms with Crippen LogP contribution in [-0.2, 0) is 25.7 Å². The third-order valence-electron chi connectivity index (χ3n) is 10.9. The Morgan fingerprint density at radius 2 is 0.909 bits per heavy atom. The van der Waals surface area contributed by atoms with Crippen LogP contribution < -0.4 is 0 Å². The molecular formula is C44H38. The second-order valence-electron chi connectivity index (χ2n) is 13.2. The van der Waals surface area contributed by atoms with Crippen LogP contribution in [0.3, 0.4) is 0 Å². The first kappa shape index (κ1) is 26.0. The van der Waals surface area contributed by atoms with Gasteiger partial charge in [0.2, 0.25) is 0 Å². The number of fused-ring (bicyclic) bond motifs is 5. The van der Waals surface area contributed by atoms with Gasteiger partial charge in [0.15, 0.2) is 0 Å². The molecule has 0 bridgehead atoms. The average Bonchev–Trinajstić information content (AvgIpc) is 3.10. The van der Waals surface area contributed by atoms with Gasteiger partial charge < -0.3 is 0 Å². The lowest BCUT2D eigenvalue weighted by atomic mass is 9.65. The largest absolute Gasteiger partial charge is 0.0619 e. The van der Waals surface area contributed by atoms with Crippen LogP contribution in [0.15, 0.2) is 121 Å². The second-order valence-corrected chi connectivity index (χ2v) is 13.2. The molecule has 0 aromatic heterocycles. The van der Waals surface area contributed by atoms with Crippen molar-refractivity contribution in [1.82, 2.24) is 0 Å². The van der Waals surface area contributed by atoms with Gasteiger partial charge in [-0.05, 0) is 135 Å². The van der Waals surface area contributed by atoms with Gasteiger partial charge >= 0.3 is 0 Å². The second kappa shape index (κ2) is 10.6. The van der Waals surface area contributed by atoms with E-state index in [2.05, 4.69) is 121 Å². The molecule has 0 radical (unpaired) electrons. The fourth-order valence-electron chi connectivity index (χ4n) is 8.94. The van der Waals surface area contributed by atoms with Gasteiger partial charge in [0.25, 0.3) is 0 Å². The molecule has 3 aliphatic carbocycles. The molecule has 0 saturated heterocycles. The van der Waals surface area contributed by atoms with Crippen LogP contribution in [0.2, 0.25) is 0 Å². The van der Waals surface area contributed by atoms with E-state index in [9.17, 15) is 0 Å². The first-order chi connectivity index (χ1) is 21.8. The van der Waals surface area contributed by atoms with Crippen molar-refractivity contribution < 1.29 is 0 Å². The number of hydrogen-bond donors (Lipinski definition) is 0. The van der Waals surface area contributed by atoms with Gasteiger partial charge in [0, 0.05) is 11.8 Å². The van der Waals surface area contributed by atoms with Crippen molar-refractivity contribution in [2.24, 2.45) is 0 Å². The van der Waals surface area contributed by atoms with E-state index in [4.69, 9.17) is 0 Å². The zero-order valence-electron chi connectivity index (χ0n) is 25.4. The molecule has 9 rings (SSSR count). The van der Waals surface area contributed by atoms with Crippen LogP contribution in [0.25, 0.3) is 21.9 Å². The predicted molar refractivity (Wildman–Crippen MR) is 184 cm³/mol. The summed E-state index contributed by atoms with van der Waals surface area (Å²) in [6.45, 7) is 0. The van der Waals surface area contributed by atoms with E-state index < -0.39 is 0 Å². The van der Waals surface area contributed by atoms with Gasteiger partial charge in [0.1, 0.15) is 0 Å². The maximum absolute atomic E-state index is 2.57. The van der Waals surface area contributed by atoms with Crippen LogP contribution in [0, 0.1) is 0 Å². The average molecular weight is 567 g/mol. The van der Waals surface area contributed by atoms with Crippen LogP contribution in [0.4, 0.5) is 0 Å². The van der Waals surface area contributed by atoms with Crippen LogP contribution in [0.1, 0.15) is 93.2 Å². The van der Waals surface area contributed by atoms with E-state index in [-0.39, 0.29) is 11.8 Å². The Bertz CT molecular complexity index is 2040.